The van der Waals surface area contributed by atoms with Gasteiger partial charge in [-0.15, -0.1) is 0 Å². The first-order valence-electron chi connectivity index (χ1n) is 10.6. The normalized spacial score (nSPS) is 17.5. The van der Waals surface area contributed by atoms with Crippen molar-refractivity contribution in [2.24, 2.45) is 4.99 Å². The molecule has 0 spiro atoms. The third kappa shape index (κ3) is 6.14. The number of likely N-dealkylation sites (tertiary alicyclic amines) is 1. The summed E-state index contributed by atoms with van der Waals surface area (Å²) in [5.41, 5.74) is 2.44. The molecule has 1 amide bonds. The van der Waals surface area contributed by atoms with Gasteiger partial charge in [-0.3, -0.25) is 0 Å². The number of nitrogens with one attached hydrogen (secondary N) is 2. The summed E-state index contributed by atoms with van der Waals surface area (Å²) < 4.78 is 5.09. The van der Waals surface area contributed by atoms with E-state index in [2.05, 4.69) is 58.9 Å². The molecule has 158 valence electrons. The molecular formula is C22H33N5O2. The third-order valence-corrected chi connectivity index (χ3v) is 5.22. The van der Waals surface area contributed by atoms with Crippen molar-refractivity contribution in [2.75, 3.05) is 44.2 Å². The first-order chi connectivity index (χ1) is 14.2. The highest BCUT2D eigenvalue weighted by atomic mass is 16.6. The Bertz CT molecular complexity index is 718. The van der Waals surface area contributed by atoms with Crippen LogP contribution in [-0.2, 0) is 11.3 Å². The molecule has 0 bridgehead atoms. The number of guanidine groups is 1. The second-order valence-corrected chi connectivity index (χ2v) is 7.35. The number of amides is 1. The highest BCUT2D eigenvalue weighted by Gasteiger charge is 2.24. The number of hydrogen-bond donors (Lipinski definition) is 2. The van der Waals surface area contributed by atoms with Crippen molar-refractivity contribution in [1.29, 1.82) is 0 Å². The Morgan fingerprint density at radius 1 is 1.21 bits per heavy atom. The number of benzene rings is 1. The topological polar surface area (TPSA) is 69.2 Å². The molecule has 7 heteroatoms. The number of hydrogen-bond acceptors (Lipinski definition) is 4. The van der Waals surface area contributed by atoms with Gasteiger partial charge in [-0.1, -0.05) is 24.3 Å². The molecule has 3 rings (SSSR count). The average molecular weight is 400 g/mol. The molecule has 1 saturated heterocycles. The van der Waals surface area contributed by atoms with Gasteiger partial charge in [0.2, 0.25) is 0 Å². The average Bonchev–Trinajstić information content (AvgIpc) is 3.28. The maximum Gasteiger partial charge on any atom is 0.409 e. The van der Waals surface area contributed by atoms with Gasteiger partial charge in [-0.2, -0.15) is 0 Å². The Morgan fingerprint density at radius 2 is 1.97 bits per heavy atom. The molecule has 29 heavy (non-hydrogen) atoms. The van der Waals surface area contributed by atoms with E-state index in [0.717, 1.165) is 38.4 Å². The summed E-state index contributed by atoms with van der Waals surface area (Å²) in [5.74, 6) is 0.829. The second kappa shape index (κ2) is 10.7. The number of piperidine rings is 1. The fourth-order valence-electron chi connectivity index (χ4n) is 3.65. The molecule has 2 aliphatic rings. The number of anilines is 1. The van der Waals surface area contributed by atoms with Crippen molar-refractivity contribution >= 4 is 17.7 Å². The van der Waals surface area contributed by atoms with Crippen LogP contribution >= 0.6 is 0 Å². The van der Waals surface area contributed by atoms with Crippen LogP contribution in [-0.4, -0.2) is 62.3 Å². The zero-order chi connectivity index (χ0) is 20.5. The van der Waals surface area contributed by atoms with E-state index in [1.807, 2.05) is 6.92 Å². The molecule has 2 aliphatic heterocycles. The molecule has 0 atom stereocenters. The Morgan fingerprint density at radius 3 is 2.66 bits per heavy atom. The van der Waals surface area contributed by atoms with Crippen molar-refractivity contribution in [3.05, 3.63) is 42.0 Å². The van der Waals surface area contributed by atoms with Crippen LogP contribution in [0.1, 0.15) is 32.3 Å². The van der Waals surface area contributed by atoms with Crippen molar-refractivity contribution < 1.29 is 9.53 Å². The van der Waals surface area contributed by atoms with E-state index in [1.54, 1.807) is 4.90 Å². The van der Waals surface area contributed by atoms with E-state index in [-0.39, 0.29) is 6.09 Å². The molecule has 7 nitrogen and oxygen atoms in total. The lowest BCUT2D eigenvalue weighted by molar-refractivity contribution is 0.0963. The predicted molar refractivity (Wildman–Crippen MR) is 117 cm³/mol. The number of carbonyl (C=O) groups excluding carboxylic acids is 1. The van der Waals surface area contributed by atoms with Gasteiger partial charge >= 0.3 is 6.09 Å². The van der Waals surface area contributed by atoms with Gasteiger partial charge in [0.1, 0.15) is 0 Å². The van der Waals surface area contributed by atoms with Gasteiger partial charge in [-0.05, 0) is 44.4 Å². The molecule has 1 aromatic rings. The Kier molecular flexibility index (Phi) is 7.78. The van der Waals surface area contributed by atoms with Crippen molar-refractivity contribution in [2.45, 2.75) is 39.3 Å². The molecule has 0 saturated carbocycles. The Balaban J connectivity index is 1.54. The highest BCUT2D eigenvalue weighted by Crippen LogP contribution is 2.19. The fraction of sp³-hybridized carbons (Fsp3) is 0.545. The van der Waals surface area contributed by atoms with Crippen LogP contribution in [0, 0.1) is 0 Å². The van der Waals surface area contributed by atoms with Crippen LogP contribution in [0.4, 0.5) is 10.5 Å². The monoisotopic (exact) mass is 399 g/mol. The predicted octanol–water partition coefficient (Wildman–Crippen LogP) is 2.74. The van der Waals surface area contributed by atoms with Crippen LogP contribution in [0.5, 0.6) is 0 Å². The molecule has 1 aromatic carbocycles. The number of carbonyl (C=O) groups is 1. The molecule has 2 heterocycles. The lowest BCUT2D eigenvalue weighted by atomic mass is 10.1. The minimum atomic E-state index is -0.209. The molecular weight excluding hydrogens is 366 g/mol. The first kappa shape index (κ1) is 21.0. The van der Waals surface area contributed by atoms with Crippen LogP contribution in [0.15, 0.2) is 41.4 Å². The molecule has 0 unspecified atom stereocenters. The van der Waals surface area contributed by atoms with E-state index in [1.165, 1.54) is 11.3 Å². The maximum atomic E-state index is 11.9. The minimum absolute atomic E-state index is 0.209. The van der Waals surface area contributed by atoms with E-state index in [4.69, 9.17) is 9.73 Å². The summed E-state index contributed by atoms with van der Waals surface area (Å²) >= 11 is 0. The summed E-state index contributed by atoms with van der Waals surface area (Å²) in [7, 11) is 0. The van der Waals surface area contributed by atoms with Gasteiger partial charge in [0.05, 0.1) is 13.2 Å². The molecule has 0 aliphatic carbocycles. The van der Waals surface area contributed by atoms with Gasteiger partial charge < -0.3 is 25.2 Å². The second-order valence-electron chi connectivity index (χ2n) is 7.35. The molecule has 0 aromatic heterocycles. The standard InChI is InChI=1S/C22H33N5O2/c1-3-23-21(25-19-10-14-27(15-11-19)22(28)29-4-2)24-17-18-8-7-9-20(16-18)26-12-5-6-13-26/h5-9,16,19H,3-4,10-15,17H2,1-2H3,(H2,23,24,25). The summed E-state index contributed by atoms with van der Waals surface area (Å²) in [5, 5.41) is 6.87. The summed E-state index contributed by atoms with van der Waals surface area (Å²) in [4.78, 5) is 20.8. The van der Waals surface area contributed by atoms with Crippen LogP contribution < -0.4 is 15.5 Å². The number of aliphatic imine (C=N–C) groups is 1. The van der Waals surface area contributed by atoms with Crippen molar-refractivity contribution in [3.8, 4) is 0 Å². The van der Waals surface area contributed by atoms with Gasteiger partial charge in [0.15, 0.2) is 5.96 Å². The fourth-order valence-corrected chi connectivity index (χ4v) is 3.65. The highest BCUT2D eigenvalue weighted by molar-refractivity contribution is 5.80. The van der Waals surface area contributed by atoms with Crippen molar-refractivity contribution in [1.82, 2.24) is 15.5 Å². The number of nitrogens with zero attached hydrogens (tertiary/aromatic N) is 3. The largest absolute Gasteiger partial charge is 0.450 e. The quantitative estimate of drug-likeness (QED) is 0.437. The van der Waals surface area contributed by atoms with Gasteiger partial charge in [0, 0.05) is 44.5 Å². The van der Waals surface area contributed by atoms with E-state index in [0.29, 0.717) is 32.3 Å². The maximum absolute atomic E-state index is 11.9. The molecule has 2 N–H and O–H groups in total. The van der Waals surface area contributed by atoms with Crippen LogP contribution in [0.3, 0.4) is 0 Å². The molecule has 1 fully saturated rings. The summed E-state index contributed by atoms with van der Waals surface area (Å²) in [6.45, 7) is 9.14. The number of ether oxygens (including phenoxy) is 1. The van der Waals surface area contributed by atoms with Crippen LogP contribution in [0.25, 0.3) is 0 Å². The zero-order valence-corrected chi connectivity index (χ0v) is 17.6. The van der Waals surface area contributed by atoms with Crippen LogP contribution in [0.2, 0.25) is 0 Å². The SMILES string of the molecule is CCNC(=NCc1cccc(N2CC=CC2)c1)NC1CCN(C(=O)OCC)CC1. The van der Waals surface area contributed by atoms with E-state index < -0.39 is 0 Å². The Hall–Kier alpha value is -2.70. The smallest absolute Gasteiger partial charge is 0.409 e. The van der Waals surface area contributed by atoms with E-state index in [9.17, 15) is 4.79 Å². The van der Waals surface area contributed by atoms with Gasteiger partial charge in [-0.25, -0.2) is 9.79 Å². The lowest BCUT2D eigenvalue weighted by Crippen LogP contribution is -2.49. The minimum Gasteiger partial charge on any atom is -0.450 e. The summed E-state index contributed by atoms with van der Waals surface area (Å²) in [6.07, 6.45) is 5.97. The van der Waals surface area contributed by atoms with E-state index >= 15 is 0 Å². The Labute approximate surface area is 173 Å². The summed E-state index contributed by atoms with van der Waals surface area (Å²) in [6, 6.07) is 8.90. The third-order valence-electron chi connectivity index (χ3n) is 5.22. The first-order valence-corrected chi connectivity index (χ1v) is 10.6. The lowest BCUT2D eigenvalue weighted by Gasteiger charge is -2.32. The van der Waals surface area contributed by atoms with Gasteiger partial charge in [0.25, 0.3) is 0 Å². The number of rotatable bonds is 6. The van der Waals surface area contributed by atoms with Crippen molar-refractivity contribution in [3.63, 3.8) is 0 Å². The molecule has 0 radical (unpaired) electrons. The zero-order valence-electron chi connectivity index (χ0n) is 17.6.